The lowest BCUT2D eigenvalue weighted by atomic mass is 9.63. The number of imide groups is 1. The number of hydrogen-bond acceptors (Lipinski definition) is 3. The van der Waals surface area contributed by atoms with Crippen molar-refractivity contribution in [2.24, 2.45) is 35.5 Å². The van der Waals surface area contributed by atoms with E-state index < -0.39 is 0 Å². The molecule has 0 N–H and O–H groups in total. The Kier molecular flexibility index (Phi) is 2.18. The minimum Gasteiger partial charge on any atom is -0.274 e. The summed E-state index contributed by atoms with van der Waals surface area (Å²) in [5.74, 6) is 1.64. The summed E-state index contributed by atoms with van der Waals surface area (Å²) in [6.45, 7) is 0. The minimum atomic E-state index is -0.119. The first-order valence-electron chi connectivity index (χ1n) is 7.52. The van der Waals surface area contributed by atoms with Crippen LogP contribution in [0.5, 0.6) is 0 Å². The zero-order chi connectivity index (χ0) is 14.3. The number of rotatable bonds is 1. The SMILES string of the molecule is O=C1[C@@H]2[C@H](C(=O)N1c1ccc(S)cc1)[C@@H]1C=C[C@H]2C2CC21. The van der Waals surface area contributed by atoms with Gasteiger partial charge >= 0.3 is 0 Å². The van der Waals surface area contributed by atoms with Crippen LogP contribution in [0.2, 0.25) is 0 Å². The maximum Gasteiger partial charge on any atom is 0.238 e. The number of anilines is 1. The Morgan fingerprint density at radius 2 is 1.43 bits per heavy atom. The van der Waals surface area contributed by atoms with Gasteiger partial charge in [-0.1, -0.05) is 12.2 Å². The van der Waals surface area contributed by atoms with Crippen LogP contribution < -0.4 is 4.90 Å². The summed E-state index contributed by atoms with van der Waals surface area (Å²) in [6.07, 6.45) is 5.60. The van der Waals surface area contributed by atoms with Gasteiger partial charge in [-0.25, -0.2) is 0 Å². The summed E-state index contributed by atoms with van der Waals surface area (Å²) >= 11 is 4.26. The van der Waals surface area contributed by atoms with Crippen LogP contribution >= 0.6 is 12.6 Å². The van der Waals surface area contributed by atoms with Crippen LogP contribution in [0.3, 0.4) is 0 Å². The molecule has 1 aromatic rings. The number of thiol groups is 1. The van der Waals surface area contributed by atoms with Crippen molar-refractivity contribution < 1.29 is 9.59 Å². The van der Waals surface area contributed by atoms with Gasteiger partial charge in [0.2, 0.25) is 11.8 Å². The lowest BCUT2D eigenvalue weighted by molar-refractivity contribution is -0.124. The number of amides is 2. The van der Waals surface area contributed by atoms with Crippen LogP contribution in [0.4, 0.5) is 5.69 Å². The van der Waals surface area contributed by atoms with E-state index in [-0.39, 0.29) is 35.5 Å². The Morgan fingerprint density at radius 3 is 1.95 bits per heavy atom. The molecule has 1 saturated heterocycles. The van der Waals surface area contributed by atoms with Crippen molar-refractivity contribution >= 4 is 30.1 Å². The molecule has 6 atom stereocenters. The van der Waals surface area contributed by atoms with Crippen LogP contribution in [0, 0.1) is 35.5 Å². The van der Waals surface area contributed by atoms with E-state index >= 15 is 0 Å². The van der Waals surface area contributed by atoms with Gasteiger partial charge in [-0.2, -0.15) is 0 Å². The van der Waals surface area contributed by atoms with Gasteiger partial charge in [-0.05, 0) is 54.4 Å². The van der Waals surface area contributed by atoms with Gasteiger partial charge in [0.15, 0.2) is 0 Å². The van der Waals surface area contributed by atoms with E-state index in [1.807, 2.05) is 24.3 Å². The molecule has 5 aliphatic rings. The van der Waals surface area contributed by atoms with E-state index in [0.717, 1.165) is 4.90 Å². The summed E-state index contributed by atoms with van der Waals surface area (Å²) in [4.78, 5) is 27.9. The molecule has 2 amide bonds. The molecule has 6 rings (SSSR count). The highest BCUT2D eigenvalue weighted by molar-refractivity contribution is 7.80. The van der Waals surface area contributed by atoms with Gasteiger partial charge < -0.3 is 0 Å². The number of allylic oxidation sites excluding steroid dienone is 2. The highest BCUT2D eigenvalue weighted by Crippen LogP contribution is 2.65. The maximum absolute atomic E-state index is 12.8. The predicted octanol–water partition coefficient (Wildman–Crippen LogP) is 2.53. The van der Waals surface area contributed by atoms with Crippen molar-refractivity contribution in [2.45, 2.75) is 11.3 Å². The molecule has 1 heterocycles. The second kappa shape index (κ2) is 3.80. The molecule has 0 spiro atoms. The number of hydrogen-bond donors (Lipinski definition) is 1. The molecule has 2 bridgehead atoms. The molecule has 1 aliphatic heterocycles. The Hall–Kier alpha value is -1.55. The molecule has 106 valence electrons. The molecule has 3 nitrogen and oxygen atoms in total. The molecule has 4 aliphatic carbocycles. The Bertz CT molecular complexity index is 659. The van der Waals surface area contributed by atoms with E-state index in [1.54, 1.807) is 0 Å². The summed E-state index contributed by atoms with van der Waals surface area (Å²) < 4.78 is 0. The first-order valence-corrected chi connectivity index (χ1v) is 7.97. The van der Waals surface area contributed by atoms with Crippen molar-refractivity contribution in [1.82, 2.24) is 0 Å². The highest BCUT2D eigenvalue weighted by Gasteiger charge is 2.67. The number of carbonyl (C=O) groups is 2. The van der Waals surface area contributed by atoms with Gasteiger partial charge in [-0.3, -0.25) is 14.5 Å². The maximum atomic E-state index is 12.8. The topological polar surface area (TPSA) is 37.4 Å². The molecule has 0 radical (unpaired) electrons. The fourth-order valence-electron chi connectivity index (χ4n) is 4.81. The molecule has 3 fully saturated rings. The molecule has 2 saturated carbocycles. The van der Waals surface area contributed by atoms with Gasteiger partial charge in [0.1, 0.15) is 0 Å². The van der Waals surface area contributed by atoms with Crippen LogP contribution in [-0.2, 0) is 9.59 Å². The molecule has 1 aromatic carbocycles. The first kappa shape index (κ1) is 12.0. The molecular weight excluding hydrogens is 282 g/mol. The third-order valence-electron chi connectivity index (χ3n) is 5.77. The number of nitrogens with zero attached hydrogens (tertiary/aromatic N) is 1. The Morgan fingerprint density at radius 1 is 0.905 bits per heavy atom. The summed E-state index contributed by atoms with van der Waals surface area (Å²) in [5.41, 5.74) is 0.685. The fraction of sp³-hybridized carbons (Fsp3) is 0.412. The van der Waals surface area contributed by atoms with E-state index in [4.69, 9.17) is 0 Å². The highest BCUT2D eigenvalue weighted by atomic mass is 32.1. The lowest BCUT2D eigenvalue weighted by Gasteiger charge is -2.37. The second-order valence-corrected chi connectivity index (χ2v) is 7.20. The number of carbonyl (C=O) groups excluding carboxylic acids is 2. The van der Waals surface area contributed by atoms with E-state index in [2.05, 4.69) is 24.8 Å². The van der Waals surface area contributed by atoms with Crippen molar-refractivity contribution in [3.63, 3.8) is 0 Å². The summed E-state index contributed by atoms with van der Waals surface area (Å²) in [5, 5.41) is 0. The smallest absolute Gasteiger partial charge is 0.238 e. The third kappa shape index (κ3) is 1.41. The van der Waals surface area contributed by atoms with Gasteiger partial charge in [0.25, 0.3) is 0 Å². The van der Waals surface area contributed by atoms with Gasteiger partial charge in [0.05, 0.1) is 17.5 Å². The Balaban J connectivity index is 1.58. The summed E-state index contributed by atoms with van der Waals surface area (Å²) in [6, 6.07) is 7.27. The average Bonchev–Trinajstić information content (AvgIpc) is 3.26. The predicted molar refractivity (Wildman–Crippen MR) is 80.9 cm³/mol. The van der Waals surface area contributed by atoms with E-state index in [0.29, 0.717) is 17.5 Å². The quantitative estimate of drug-likeness (QED) is 0.491. The van der Waals surface area contributed by atoms with E-state index in [9.17, 15) is 9.59 Å². The van der Waals surface area contributed by atoms with Gasteiger partial charge in [-0.15, -0.1) is 12.6 Å². The van der Waals surface area contributed by atoms with Crippen LogP contribution in [-0.4, -0.2) is 11.8 Å². The average molecular weight is 297 g/mol. The minimum absolute atomic E-state index is 0.00149. The Labute approximate surface area is 128 Å². The molecule has 4 heteroatoms. The fourth-order valence-corrected chi connectivity index (χ4v) is 4.96. The first-order chi connectivity index (χ1) is 10.2. The van der Waals surface area contributed by atoms with Crippen molar-refractivity contribution in [2.75, 3.05) is 4.90 Å². The molecular formula is C17H15NO2S. The van der Waals surface area contributed by atoms with Crippen molar-refractivity contribution in [1.29, 1.82) is 0 Å². The third-order valence-corrected chi connectivity index (χ3v) is 6.07. The van der Waals surface area contributed by atoms with Crippen LogP contribution in [0.15, 0.2) is 41.3 Å². The molecule has 2 unspecified atom stereocenters. The lowest BCUT2D eigenvalue weighted by Crippen LogP contribution is -2.40. The standard InChI is InChI=1S/C17H15NO2S/c19-16-14-10-5-6-11(13-7-12(10)13)15(14)17(20)18(16)8-1-3-9(21)4-2-8/h1-6,10-15,21H,7H2/t10-,11+,12?,13?,14-,15+. The molecule has 0 aromatic heterocycles. The summed E-state index contributed by atoms with van der Waals surface area (Å²) in [7, 11) is 0. The zero-order valence-electron chi connectivity index (χ0n) is 11.3. The largest absolute Gasteiger partial charge is 0.274 e. The molecule has 21 heavy (non-hydrogen) atoms. The van der Waals surface area contributed by atoms with E-state index in [1.165, 1.54) is 11.3 Å². The van der Waals surface area contributed by atoms with Crippen LogP contribution in [0.1, 0.15) is 6.42 Å². The van der Waals surface area contributed by atoms with Crippen LogP contribution in [0.25, 0.3) is 0 Å². The number of benzene rings is 1. The zero-order valence-corrected chi connectivity index (χ0v) is 12.2. The van der Waals surface area contributed by atoms with Crippen molar-refractivity contribution in [3.05, 3.63) is 36.4 Å². The normalized spacial score (nSPS) is 42.2. The monoisotopic (exact) mass is 297 g/mol. The van der Waals surface area contributed by atoms with Gasteiger partial charge in [0, 0.05) is 4.90 Å². The second-order valence-electron chi connectivity index (χ2n) is 6.68. The van der Waals surface area contributed by atoms with Crippen molar-refractivity contribution in [3.8, 4) is 0 Å².